The minimum absolute atomic E-state index is 0.229. The molecule has 0 amide bonds. The largest absolute Gasteiger partial charge is 0.508 e. The number of rotatable bonds is 8. The molecule has 0 heterocycles. The van der Waals surface area contributed by atoms with E-state index in [1.54, 1.807) is 24.3 Å². The second-order valence-corrected chi connectivity index (χ2v) is 15.3. The smallest absolute Gasteiger partial charge is 0.115 e. The minimum atomic E-state index is 0.229. The monoisotopic (exact) mass is 770 g/mol. The Bertz CT molecular complexity index is 3050. The summed E-state index contributed by atoms with van der Waals surface area (Å²) in [5.74, 6) is 0.458. The number of hydrogen-bond acceptors (Lipinski definition) is 4. The molecule has 4 nitrogen and oxygen atoms in total. The van der Waals surface area contributed by atoms with Gasteiger partial charge in [0.25, 0.3) is 0 Å². The van der Waals surface area contributed by atoms with Crippen molar-refractivity contribution in [1.82, 2.24) is 0 Å². The molecule has 0 aromatic heterocycles. The topological polar surface area (TPSA) is 46.9 Å². The predicted octanol–water partition coefficient (Wildman–Crippen LogP) is 15.4. The van der Waals surface area contributed by atoms with E-state index in [-0.39, 0.29) is 11.5 Å². The van der Waals surface area contributed by atoms with E-state index in [0.29, 0.717) is 0 Å². The van der Waals surface area contributed by atoms with Crippen LogP contribution in [-0.2, 0) is 0 Å². The molecule has 4 heteroatoms. The molecular formula is C56H38N2O2. The molecule has 0 bridgehead atoms. The van der Waals surface area contributed by atoms with Crippen molar-refractivity contribution in [2.24, 2.45) is 0 Å². The number of nitrogens with zero attached hydrogens (tertiary/aromatic N) is 2. The van der Waals surface area contributed by atoms with Crippen molar-refractivity contribution in [3.8, 4) is 33.8 Å². The van der Waals surface area contributed by atoms with Gasteiger partial charge in [0.1, 0.15) is 11.5 Å². The molecule has 0 unspecified atom stereocenters. The second-order valence-electron chi connectivity index (χ2n) is 15.3. The zero-order valence-electron chi connectivity index (χ0n) is 32.6. The fourth-order valence-corrected chi connectivity index (χ4v) is 9.00. The van der Waals surface area contributed by atoms with Gasteiger partial charge in [-0.05, 0) is 140 Å². The molecule has 0 aliphatic rings. The fraction of sp³-hybridized carbons (Fsp3) is 0. The molecule has 2 N–H and O–H groups in total. The lowest BCUT2D eigenvalue weighted by Crippen LogP contribution is -2.11. The van der Waals surface area contributed by atoms with Crippen molar-refractivity contribution in [2.45, 2.75) is 0 Å². The Morgan fingerprint density at radius 3 is 0.900 bits per heavy atom. The number of fused-ring (bicyclic) bond motifs is 2. The molecule has 0 fully saturated rings. The zero-order valence-corrected chi connectivity index (χ0v) is 32.6. The zero-order chi connectivity index (χ0) is 40.2. The van der Waals surface area contributed by atoms with Crippen molar-refractivity contribution in [3.05, 3.63) is 218 Å². The summed E-state index contributed by atoms with van der Waals surface area (Å²) in [6.45, 7) is 0. The van der Waals surface area contributed by atoms with Crippen LogP contribution >= 0.6 is 0 Å². The first-order valence-electron chi connectivity index (χ1n) is 20.2. The van der Waals surface area contributed by atoms with Gasteiger partial charge in [-0.15, -0.1) is 0 Å². The van der Waals surface area contributed by atoms with Gasteiger partial charge in [-0.3, -0.25) is 0 Å². The summed E-state index contributed by atoms with van der Waals surface area (Å²) in [6.07, 6.45) is 0. The third kappa shape index (κ3) is 5.93. The Hall–Kier alpha value is -8.08. The van der Waals surface area contributed by atoms with Gasteiger partial charge < -0.3 is 20.0 Å². The predicted molar refractivity (Wildman–Crippen MR) is 251 cm³/mol. The van der Waals surface area contributed by atoms with Gasteiger partial charge in [-0.2, -0.15) is 0 Å². The van der Waals surface area contributed by atoms with Gasteiger partial charge in [-0.25, -0.2) is 0 Å². The lowest BCUT2D eigenvalue weighted by atomic mass is 9.88. The quantitative estimate of drug-likeness (QED) is 0.119. The maximum Gasteiger partial charge on any atom is 0.115 e. The van der Waals surface area contributed by atoms with Gasteiger partial charge in [-0.1, -0.05) is 133 Å². The first-order valence-corrected chi connectivity index (χ1v) is 20.2. The van der Waals surface area contributed by atoms with Crippen LogP contribution in [0.1, 0.15) is 0 Å². The fourth-order valence-electron chi connectivity index (χ4n) is 9.00. The van der Waals surface area contributed by atoms with Crippen LogP contribution in [0.4, 0.5) is 34.1 Å². The molecule has 0 radical (unpaired) electrons. The average Bonchev–Trinajstić information content (AvgIpc) is 3.31. The summed E-state index contributed by atoms with van der Waals surface area (Å²) in [5, 5.41) is 30.1. The van der Waals surface area contributed by atoms with Crippen LogP contribution in [-0.4, -0.2) is 10.2 Å². The van der Waals surface area contributed by atoms with Crippen LogP contribution < -0.4 is 9.80 Å². The van der Waals surface area contributed by atoms with E-state index in [1.807, 2.05) is 36.4 Å². The van der Waals surface area contributed by atoms with E-state index in [1.165, 1.54) is 43.4 Å². The van der Waals surface area contributed by atoms with Crippen LogP contribution in [0.2, 0.25) is 0 Å². The number of hydrogen-bond donors (Lipinski definition) is 2. The summed E-state index contributed by atoms with van der Waals surface area (Å²) in [6, 6.07) is 75.5. The molecule has 11 aromatic rings. The van der Waals surface area contributed by atoms with E-state index >= 15 is 0 Å². The molecule has 11 rings (SSSR count). The molecule has 284 valence electrons. The van der Waals surface area contributed by atoms with Crippen molar-refractivity contribution >= 4 is 77.2 Å². The van der Waals surface area contributed by atoms with Crippen molar-refractivity contribution in [2.75, 3.05) is 9.80 Å². The van der Waals surface area contributed by atoms with Gasteiger partial charge in [0.05, 0.1) is 11.4 Å². The molecule has 0 spiro atoms. The molecule has 11 aromatic carbocycles. The van der Waals surface area contributed by atoms with Crippen molar-refractivity contribution in [1.29, 1.82) is 0 Å². The molecule has 60 heavy (non-hydrogen) atoms. The molecular weight excluding hydrogens is 733 g/mol. The number of anilines is 6. The maximum absolute atomic E-state index is 10.3. The standard InChI is InChI=1S/C56H38N2O2/c59-45-29-25-43(26-30-45)57(41-21-17-39(18-22-41)37-9-3-1-4-10-37)53-35-33-49-48-14-8-16-52-54(36-34-50(56(48)52)47-13-7-15-51(53)55(47)49)58(44-27-31-46(60)32-28-44)42-23-19-40(20-24-42)38-11-5-2-6-12-38/h1-36,59-60H. The van der Waals surface area contributed by atoms with Gasteiger partial charge >= 0.3 is 0 Å². The van der Waals surface area contributed by atoms with E-state index < -0.39 is 0 Å². The first kappa shape index (κ1) is 35.1. The molecule has 0 saturated carbocycles. The van der Waals surface area contributed by atoms with E-state index in [0.717, 1.165) is 56.0 Å². The summed E-state index contributed by atoms with van der Waals surface area (Å²) < 4.78 is 0. The number of benzene rings is 11. The Morgan fingerprint density at radius 2 is 0.533 bits per heavy atom. The van der Waals surface area contributed by atoms with Crippen molar-refractivity contribution < 1.29 is 10.2 Å². The number of phenols is 2. The van der Waals surface area contributed by atoms with E-state index in [9.17, 15) is 10.2 Å². The molecule has 0 saturated heterocycles. The highest BCUT2D eigenvalue weighted by atomic mass is 16.3. The Balaban J connectivity index is 1.10. The molecule has 0 aliphatic heterocycles. The van der Waals surface area contributed by atoms with Gasteiger partial charge in [0.15, 0.2) is 0 Å². The van der Waals surface area contributed by atoms with Crippen LogP contribution in [0.5, 0.6) is 11.5 Å². The average molecular weight is 771 g/mol. The number of aromatic hydroxyl groups is 2. The van der Waals surface area contributed by atoms with Crippen molar-refractivity contribution in [3.63, 3.8) is 0 Å². The summed E-state index contributed by atoms with van der Waals surface area (Å²) in [5.41, 5.74) is 10.7. The highest BCUT2D eigenvalue weighted by Crippen LogP contribution is 2.49. The Morgan fingerprint density at radius 1 is 0.233 bits per heavy atom. The first-order chi connectivity index (χ1) is 29.6. The lowest BCUT2D eigenvalue weighted by molar-refractivity contribution is 0.475. The third-order valence-corrected chi connectivity index (χ3v) is 11.8. The summed E-state index contributed by atoms with van der Waals surface area (Å²) >= 11 is 0. The lowest BCUT2D eigenvalue weighted by Gasteiger charge is -2.29. The van der Waals surface area contributed by atoms with E-state index in [4.69, 9.17) is 0 Å². The third-order valence-electron chi connectivity index (χ3n) is 11.8. The summed E-state index contributed by atoms with van der Waals surface area (Å²) in [4.78, 5) is 4.57. The van der Waals surface area contributed by atoms with Crippen LogP contribution in [0.15, 0.2) is 218 Å². The maximum atomic E-state index is 10.3. The van der Waals surface area contributed by atoms with Crippen LogP contribution in [0, 0.1) is 0 Å². The number of phenolic OH excluding ortho intramolecular Hbond substituents is 2. The van der Waals surface area contributed by atoms with Gasteiger partial charge in [0.2, 0.25) is 0 Å². The Labute approximate surface area is 348 Å². The normalized spacial score (nSPS) is 11.5. The SMILES string of the molecule is Oc1ccc(N(c2ccc(-c3ccccc3)cc2)c2ccc3c4cccc5c(N(c6ccc(O)cc6)c6ccc(-c7ccccc7)cc6)ccc(c6cccc2c63)c54)cc1. The van der Waals surface area contributed by atoms with Gasteiger partial charge in [0, 0.05) is 33.5 Å². The summed E-state index contributed by atoms with van der Waals surface area (Å²) in [7, 11) is 0. The second kappa shape index (κ2) is 14.4. The van der Waals surface area contributed by atoms with Crippen LogP contribution in [0.25, 0.3) is 65.3 Å². The highest BCUT2D eigenvalue weighted by molar-refractivity contribution is 6.35. The minimum Gasteiger partial charge on any atom is -0.508 e. The van der Waals surface area contributed by atoms with E-state index in [2.05, 4.69) is 168 Å². The Kier molecular flexibility index (Phi) is 8.42. The van der Waals surface area contributed by atoms with Crippen LogP contribution in [0.3, 0.4) is 0 Å². The molecule has 0 aliphatic carbocycles. The molecule has 0 atom stereocenters. The highest BCUT2D eigenvalue weighted by Gasteiger charge is 2.23.